The van der Waals surface area contributed by atoms with E-state index < -0.39 is 0 Å². The number of thiazole rings is 1. The first-order valence-electron chi connectivity index (χ1n) is 8.98. The smallest absolute Gasteiger partial charge is 0.250 e. The van der Waals surface area contributed by atoms with E-state index in [4.69, 9.17) is 4.74 Å². The van der Waals surface area contributed by atoms with E-state index in [0.717, 1.165) is 21.5 Å². The molecule has 2 aromatic carbocycles. The van der Waals surface area contributed by atoms with Crippen molar-refractivity contribution in [2.45, 2.75) is 33.1 Å². The van der Waals surface area contributed by atoms with E-state index in [9.17, 15) is 4.79 Å². The highest BCUT2D eigenvalue weighted by Gasteiger charge is 2.15. The lowest BCUT2D eigenvalue weighted by Gasteiger charge is -2.18. The van der Waals surface area contributed by atoms with Crippen LogP contribution in [-0.2, 0) is 10.2 Å². The van der Waals surface area contributed by atoms with Gasteiger partial charge in [-0.3, -0.25) is 10.1 Å². The van der Waals surface area contributed by atoms with Crippen LogP contribution in [0.25, 0.3) is 16.3 Å². The van der Waals surface area contributed by atoms with Crippen LogP contribution in [0.5, 0.6) is 5.75 Å². The second kappa shape index (κ2) is 7.92. The number of aromatic nitrogens is 1. The summed E-state index contributed by atoms with van der Waals surface area (Å²) in [5.74, 6) is 0.627. The van der Waals surface area contributed by atoms with Gasteiger partial charge in [0, 0.05) is 6.08 Å². The van der Waals surface area contributed by atoms with Gasteiger partial charge in [0.15, 0.2) is 5.13 Å². The van der Waals surface area contributed by atoms with E-state index in [2.05, 4.69) is 43.2 Å². The zero-order valence-electron chi connectivity index (χ0n) is 16.1. The maximum atomic E-state index is 12.2. The molecule has 0 saturated heterocycles. The van der Waals surface area contributed by atoms with Gasteiger partial charge in [-0.05, 0) is 53.8 Å². The number of anilines is 1. The number of nitrogens with one attached hydrogen (secondary N) is 1. The standard InChI is InChI=1S/C22H24N2O2S/c1-5-26-17-10-6-15(7-11-17)8-13-20(25)24-21-23-18-12-9-16(22(2,3)4)14-19(18)27-21/h6-14H,5H2,1-4H3,(H,23,24,25)/b13-8+. The Morgan fingerprint density at radius 3 is 2.59 bits per heavy atom. The van der Waals surface area contributed by atoms with Crippen molar-refractivity contribution in [3.8, 4) is 5.75 Å². The number of hydrogen-bond acceptors (Lipinski definition) is 4. The first kappa shape index (κ1) is 19.1. The van der Waals surface area contributed by atoms with Crippen molar-refractivity contribution in [3.05, 3.63) is 59.7 Å². The highest BCUT2D eigenvalue weighted by atomic mass is 32.1. The molecule has 1 aromatic heterocycles. The van der Waals surface area contributed by atoms with E-state index in [0.29, 0.717) is 11.7 Å². The SMILES string of the molecule is CCOc1ccc(/C=C/C(=O)Nc2nc3ccc(C(C)(C)C)cc3s2)cc1. The summed E-state index contributed by atoms with van der Waals surface area (Å²) in [6.07, 6.45) is 3.29. The Hall–Kier alpha value is -2.66. The largest absolute Gasteiger partial charge is 0.494 e. The Morgan fingerprint density at radius 1 is 1.19 bits per heavy atom. The third-order valence-corrected chi connectivity index (χ3v) is 5.04. The highest BCUT2D eigenvalue weighted by molar-refractivity contribution is 7.22. The van der Waals surface area contributed by atoms with Gasteiger partial charge in [-0.25, -0.2) is 4.98 Å². The molecular formula is C22H24N2O2S. The minimum Gasteiger partial charge on any atom is -0.494 e. The number of ether oxygens (including phenoxy) is 1. The number of rotatable bonds is 5. The first-order valence-corrected chi connectivity index (χ1v) is 9.80. The molecule has 0 radical (unpaired) electrons. The number of carbonyl (C=O) groups is 1. The lowest BCUT2D eigenvalue weighted by Crippen LogP contribution is -2.10. The predicted molar refractivity (Wildman–Crippen MR) is 114 cm³/mol. The fourth-order valence-corrected chi connectivity index (χ4v) is 3.51. The van der Waals surface area contributed by atoms with Crippen LogP contribution in [0.4, 0.5) is 5.13 Å². The second-order valence-corrected chi connectivity index (χ2v) is 8.31. The van der Waals surface area contributed by atoms with E-state index >= 15 is 0 Å². The third kappa shape index (κ3) is 4.95. The van der Waals surface area contributed by atoms with Crippen LogP contribution in [0.2, 0.25) is 0 Å². The predicted octanol–water partition coefficient (Wildman–Crippen LogP) is 5.64. The molecule has 0 aliphatic carbocycles. The maximum Gasteiger partial charge on any atom is 0.250 e. The van der Waals surface area contributed by atoms with Crippen molar-refractivity contribution in [1.29, 1.82) is 0 Å². The number of fused-ring (bicyclic) bond motifs is 1. The van der Waals surface area contributed by atoms with Crippen LogP contribution in [0.15, 0.2) is 48.5 Å². The van der Waals surface area contributed by atoms with Gasteiger partial charge in [-0.2, -0.15) is 0 Å². The van der Waals surface area contributed by atoms with Gasteiger partial charge >= 0.3 is 0 Å². The lowest BCUT2D eigenvalue weighted by atomic mass is 9.87. The Labute approximate surface area is 163 Å². The number of nitrogens with zero attached hydrogens (tertiary/aromatic N) is 1. The number of hydrogen-bond donors (Lipinski definition) is 1. The molecule has 0 aliphatic heterocycles. The van der Waals surface area contributed by atoms with Gasteiger partial charge in [0.25, 0.3) is 0 Å². The molecule has 4 nitrogen and oxygen atoms in total. The third-order valence-electron chi connectivity index (χ3n) is 4.10. The summed E-state index contributed by atoms with van der Waals surface area (Å²) in [4.78, 5) is 16.7. The van der Waals surface area contributed by atoms with Crippen LogP contribution in [0, 0.1) is 0 Å². The summed E-state index contributed by atoms with van der Waals surface area (Å²) < 4.78 is 6.49. The minimum atomic E-state index is -0.195. The van der Waals surface area contributed by atoms with Crippen molar-refractivity contribution >= 4 is 38.7 Å². The molecule has 0 atom stereocenters. The topological polar surface area (TPSA) is 51.2 Å². The molecule has 0 unspecified atom stereocenters. The van der Waals surface area contributed by atoms with Gasteiger partial charge in [0.05, 0.1) is 16.8 Å². The molecule has 140 valence electrons. The molecule has 5 heteroatoms. The average Bonchev–Trinajstić information content (AvgIpc) is 3.02. The normalized spacial score (nSPS) is 11.9. The Morgan fingerprint density at radius 2 is 1.93 bits per heavy atom. The van der Waals surface area contributed by atoms with Crippen LogP contribution >= 0.6 is 11.3 Å². The highest BCUT2D eigenvalue weighted by Crippen LogP contribution is 2.31. The van der Waals surface area contributed by atoms with E-state index in [1.54, 1.807) is 6.08 Å². The van der Waals surface area contributed by atoms with Gasteiger partial charge in [0.1, 0.15) is 5.75 Å². The Kier molecular flexibility index (Phi) is 5.61. The van der Waals surface area contributed by atoms with Gasteiger partial charge in [0.2, 0.25) is 5.91 Å². The minimum absolute atomic E-state index is 0.0854. The quantitative estimate of drug-likeness (QED) is 0.582. The summed E-state index contributed by atoms with van der Waals surface area (Å²) in [5, 5.41) is 3.46. The van der Waals surface area contributed by atoms with E-state index in [-0.39, 0.29) is 11.3 Å². The molecule has 27 heavy (non-hydrogen) atoms. The molecule has 1 N–H and O–H groups in total. The van der Waals surface area contributed by atoms with E-state index in [1.807, 2.05) is 37.3 Å². The van der Waals surface area contributed by atoms with Gasteiger partial charge in [-0.1, -0.05) is 50.3 Å². The molecule has 0 bridgehead atoms. The molecular weight excluding hydrogens is 356 g/mol. The molecule has 0 spiro atoms. The fraction of sp³-hybridized carbons (Fsp3) is 0.273. The van der Waals surface area contributed by atoms with Crippen molar-refractivity contribution in [2.75, 3.05) is 11.9 Å². The van der Waals surface area contributed by atoms with Crippen LogP contribution in [-0.4, -0.2) is 17.5 Å². The number of carbonyl (C=O) groups excluding carboxylic acids is 1. The zero-order valence-corrected chi connectivity index (χ0v) is 16.9. The lowest BCUT2D eigenvalue weighted by molar-refractivity contribution is -0.111. The molecule has 3 rings (SSSR count). The van der Waals surface area contributed by atoms with E-state index in [1.165, 1.54) is 23.0 Å². The van der Waals surface area contributed by atoms with Crippen molar-refractivity contribution < 1.29 is 9.53 Å². The molecule has 1 amide bonds. The summed E-state index contributed by atoms with van der Waals surface area (Å²) >= 11 is 1.49. The summed E-state index contributed by atoms with van der Waals surface area (Å²) in [7, 11) is 0. The van der Waals surface area contributed by atoms with Crippen molar-refractivity contribution in [1.82, 2.24) is 4.98 Å². The Balaban J connectivity index is 1.68. The Bertz CT molecular complexity index is 966. The summed E-state index contributed by atoms with van der Waals surface area (Å²) in [6, 6.07) is 13.9. The maximum absolute atomic E-state index is 12.2. The summed E-state index contributed by atoms with van der Waals surface area (Å²) in [6.45, 7) is 9.14. The monoisotopic (exact) mass is 380 g/mol. The number of amides is 1. The zero-order chi connectivity index (χ0) is 19.4. The van der Waals surface area contributed by atoms with Crippen molar-refractivity contribution in [3.63, 3.8) is 0 Å². The molecule has 3 aromatic rings. The molecule has 0 aliphatic rings. The van der Waals surface area contributed by atoms with Gasteiger partial charge in [-0.15, -0.1) is 0 Å². The van der Waals surface area contributed by atoms with Crippen LogP contribution < -0.4 is 10.1 Å². The molecule has 0 saturated carbocycles. The van der Waals surface area contributed by atoms with Crippen LogP contribution in [0.3, 0.4) is 0 Å². The number of benzene rings is 2. The fourth-order valence-electron chi connectivity index (χ4n) is 2.61. The van der Waals surface area contributed by atoms with Crippen LogP contribution in [0.1, 0.15) is 38.8 Å². The van der Waals surface area contributed by atoms with Crippen molar-refractivity contribution in [2.24, 2.45) is 0 Å². The molecule has 0 fully saturated rings. The molecule has 1 heterocycles. The average molecular weight is 381 g/mol. The second-order valence-electron chi connectivity index (χ2n) is 7.28. The summed E-state index contributed by atoms with van der Waals surface area (Å²) in [5.41, 5.74) is 3.18. The van der Waals surface area contributed by atoms with Gasteiger partial charge < -0.3 is 4.74 Å². The first-order chi connectivity index (χ1) is 12.8.